The smallest absolute Gasteiger partial charge is 0.137 e. The normalized spacial score (nSPS) is 25.3. The Morgan fingerprint density at radius 2 is 2.11 bits per heavy atom. The summed E-state index contributed by atoms with van der Waals surface area (Å²) >= 11 is 3.25. The van der Waals surface area contributed by atoms with Crippen LogP contribution in [0.1, 0.15) is 51.1 Å². The SMILES string of the molecule is CC(NCC1CCCCC1C)c1ccc(F)c(Br)c1. The fourth-order valence-electron chi connectivity index (χ4n) is 2.92. The zero-order valence-electron chi connectivity index (χ0n) is 11.8. The lowest BCUT2D eigenvalue weighted by Crippen LogP contribution is -2.31. The van der Waals surface area contributed by atoms with Gasteiger partial charge >= 0.3 is 0 Å². The molecule has 1 aliphatic carbocycles. The summed E-state index contributed by atoms with van der Waals surface area (Å²) in [5.74, 6) is 1.42. The molecule has 0 radical (unpaired) electrons. The van der Waals surface area contributed by atoms with E-state index in [2.05, 4.69) is 35.1 Å². The molecule has 0 saturated heterocycles. The van der Waals surface area contributed by atoms with Crippen LogP contribution in [0.15, 0.2) is 22.7 Å². The highest BCUT2D eigenvalue weighted by Gasteiger charge is 2.21. The Balaban J connectivity index is 1.89. The number of benzene rings is 1. The molecule has 1 saturated carbocycles. The molecular formula is C16H23BrFN. The lowest BCUT2D eigenvalue weighted by atomic mass is 9.80. The first-order chi connectivity index (χ1) is 9.08. The molecule has 1 aromatic rings. The molecular weight excluding hydrogens is 305 g/mol. The first-order valence-corrected chi connectivity index (χ1v) is 8.05. The van der Waals surface area contributed by atoms with Crippen LogP contribution in [-0.2, 0) is 0 Å². The molecule has 1 aliphatic rings. The van der Waals surface area contributed by atoms with Crippen LogP contribution in [-0.4, -0.2) is 6.54 Å². The van der Waals surface area contributed by atoms with Gasteiger partial charge in [-0.15, -0.1) is 0 Å². The molecule has 0 heterocycles. The predicted octanol–water partition coefficient (Wildman–Crippen LogP) is 5.07. The third-order valence-electron chi connectivity index (χ3n) is 4.42. The number of nitrogens with one attached hydrogen (secondary N) is 1. The van der Waals surface area contributed by atoms with Crippen molar-refractivity contribution in [3.8, 4) is 0 Å². The maximum absolute atomic E-state index is 13.2. The lowest BCUT2D eigenvalue weighted by molar-refractivity contribution is 0.242. The van der Waals surface area contributed by atoms with Crippen LogP contribution in [0.2, 0.25) is 0 Å². The van der Waals surface area contributed by atoms with Gasteiger partial charge in [0.1, 0.15) is 5.82 Å². The summed E-state index contributed by atoms with van der Waals surface area (Å²) in [6.07, 6.45) is 5.46. The lowest BCUT2D eigenvalue weighted by Gasteiger charge is -2.30. The van der Waals surface area contributed by atoms with Gasteiger partial charge in [0.2, 0.25) is 0 Å². The van der Waals surface area contributed by atoms with Crippen LogP contribution in [0.5, 0.6) is 0 Å². The van der Waals surface area contributed by atoms with Gasteiger partial charge in [-0.3, -0.25) is 0 Å². The average molecular weight is 328 g/mol. The molecule has 2 rings (SSSR count). The molecule has 0 aliphatic heterocycles. The van der Waals surface area contributed by atoms with Crippen LogP contribution in [0.3, 0.4) is 0 Å². The van der Waals surface area contributed by atoms with E-state index in [0.29, 0.717) is 4.47 Å². The molecule has 1 N–H and O–H groups in total. The van der Waals surface area contributed by atoms with Crippen LogP contribution in [0.4, 0.5) is 4.39 Å². The number of halogens is 2. The van der Waals surface area contributed by atoms with Crippen molar-refractivity contribution in [2.75, 3.05) is 6.54 Å². The van der Waals surface area contributed by atoms with Crippen LogP contribution < -0.4 is 5.32 Å². The third kappa shape index (κ3) is 4.03. The number of hydrogen-bond donors (Lipinski definition) is 1. The third-order valence-corrected chi connectivity index (χ3v) is 5.03. The quantitative estimate of drug-likeness (QED) is 0.814. The van der Waals surface area contributed by atoms with Gasteiger partial charge in [0.25, 0.3) is 0 Å². The van der Waals surface area contributed by atoms with E-state index >= 15 is 0 Å². The Morgan fingerprint density at radius 3 is 2.79 bits per heavy atom. The van der Waals surface area contributed by atoms with Gasteiger partial charge in [-0.2, -0.15) is 0 Å². The van der Waals surface area contributed by atoms with E-state index in [9.17, 15) is 4.39 Å². The second kappa shape index (κ2) is 6.85. The highest BCUT2D eigenvalue weighted by Crippen LogP contribution is 2.29. The standard InChI is InChI=1S/C16H23BrFN/c1-11-5-3-4-6-14(11)10-19-12(2)13-7-8-16(18)15(17)9-13/h7-9,11-12,14,19H,3-6,10H2,1-2H3. The van der Waals surface area contributed by atoms with Crippen molar-refractivity contribution in [2.24, 2.45) is 11.8 Å². The summed E-state index contributed by atoms with van der Waals surface area (Å²) in [7, 11) is 0. The van der Waals surface area contributed by atoms with Gasteiger partial charge in [-0.05, 0) is 65.4 Å². The zero-order valence-corrected chi connectivity index (χ0v) is 13.3. The van der Waals surface area contributed by atoms with Crippen molar-refractivity contribution in [3.05, 3.63) is 34.1 Å². The van der Waals surface area contributed by atoms with E-state index in [1.807, 2.05) is 12.1 Å². The maximum atomic E-state index is 13.2. The average Bonchev–Trinajstić information content (AvgIpc) is 2.40. The molecule has 19 heavy (non-hydrogen) atoms. The Morgan fingerprint density at radius 1 is 1.37 bits per heavy atom. The summed E-state index contributed by atoms with van der Waals surface area (Å²) in [5.41, 5.74) is 1.14. The Hall–Kier alpha value is -0.410. The molecule has 0 aromatic heterocycles. The van der Waals surface area contributed by atoms with Crippen molar-refractivity contribution in [2.45, 2.75) is 45.6 Å². The molecule has 1 nitrogen and oxygen atoms in total. The molecule has 3 atom stereocenters. The van der Waals surface area contributed by atoms with E-state index in [1.54, 1.807) is 0 Å². The van der Waals surface area contributed by atoms with Gasteiger partial charge in [0.15, 0.2) is 0 Å². The molecule has 0 bridgehead atoms. The minimum Gasteiger partial charge on any atom is -0.310 e. The topological polar surface area (TPSA) is 12.0 Å². The van der Waals surface area contributed by atoms with E-state index in [-0.39, 0.29) is 11.9 Å². The molecule has 0 amide bonds. The van der Waals surface area contributed by atoms with Crippen molar-refractivity contribution in [1.82, 2.24) is 5.32 Å². The van der Waals surface area contributed by atoms with Crippen LogP contribution >= 0.6 is 15.9 Å². The second-order valence-corrected chi connectivity index (χ2v) is 6.68. The van der Waals surface area contributed by atoms with E-state index < -0.39 is 0 Å². The number of hydrogen-bond acceptors (Lipinski definition) is 1. The van der Waals surface area contributed by atoms with Crippen molar-refractivity contribution >= 4 is 15.9 Å². The summed E-state index contributed by atoms with van der Waals surface area (Å²) in [6.45, 7) is 5.58. The molecule has 0 spiro atoms. The van der Waals surface area contributed by atoms with Gasteiger partial charge in [-0.1, -0.05) is 32.3 Å². The van der Waals surface area contributed by atoms with Crippen molar-refractivity contribution in [3.63, 3.8) is 0 Å². The maximum Gasteiger partial charge on any atom is 0.137 e. The fourth-order valence-corrected chi connectivity index (χ4v) is 3.32. The monoisotopic (exact) mass is 327 g/mol. The minimum atomic E-state index is -0.197. The first kappa shape index (κ1) is 15.0. The fraction of sp³-hybridized carbons (Fsp3) is 0.625. The van der Waals surface area contributed by atoms with Crippen LogP contribution in [0.25, 0.3) is 0 Å². The van der Waals surface area contributed by atoms with Gasteiger partial charge < -0.3 is 5.32 Å². The molecule has 106 valence electrons. The van der Waals surface area contributed by atoms with E-state index in [0.717, 1.165) is 23.9 Å². The largest absolute Gasteiger partial charge is 0.310 e. The summed E-state index contributed by atoms with van der Waals surface area (Å²) < 4.78 is 13.8. The molecule has 3 heteroatoms. The molecule has 3 unspecified atom stereocenters. The Kier molecular flexibility index (Phi) is 5.40. The second-order valence-electron chi connectivity index (χ2n) is 5.83. The predicted molar refractivity (Wildman–Crippen MR) is 81.6 cm³/mol. The molecule has 1 fully saturated rings. The Labute approximate surface area is 124 Å². The van der Waals surface area contributed by atoms with Gasteiger partial charge in [-0.25, -0.2) is 4.39 Å². The van der Waals surface area contributed by atoms with Gasteiger partial charge in [0, 0.05) is 6.04 Å². The van der Waals surface area contributed by atoms with Gasteiger partial charge in [0.05, 0.1) is 4.47 Å². The van der Waals surface area contributed by atoms with E-state index in [4.69, 9.17) is 0 Å². The van der Waals surface area contributed by atoms with E-state index in [1.165, 1.54) is 31.7 Å². The van der Waals surface area contributed by atoms with Crippen LogP contribution in [0, 0.1) is 17.7 Å². The van der Waals surface area contributed by atoms with Crippen molar-refractivity contribution in [1.29, 1.82) is 0 Å². The highest BCUT2D eigenvalue weighted by molar-refractivity contribution is 9.10. The minimum absolute atomic E-state index is 0.197. The summed E-state index contributed by atoms with van der Waals surface area (Å²) in [6, 6.07) is 5.53. The zero-order chi connectivity index (χ0) is 13.8. The van der Waals surface area contributed by atoms with Crippen molar-refractivity contribution < 1.29 is 4.39 Å². The summed E-state index contributed by atoms with van der Waals surface area (Å²) in [5, 5.41) is 3.60. The Bertz CT molecular complexity index is 421. The highest BCUT2D eigenvalue weighted by atomic mass is 79.9. The molecule has 1 aromatic carbocycles. The number of rotatable bonds is 4. The summed E-state index contributed by atoms with van der Waals surface area (Å²) in [4.78, 5) is 0. The first-order valence-electron chi connectivity index (χ1n) is 7.26.